The third-order valence-electron chi connectivity index (χ3n) is 3.59. The molecular weight excluding hydrogens is 234 g/mol. The summed E-state index contributed by atoms with van der Waals surface area (Å²) in [6.45, 7) is 3.75. The van der Waals surface area contributed by atoms with Crippen molar-refractivity contribution in [1.82, 2.24) is 5.32 Å². The molecule has 1 aliphatic heterocycles. The van der Waals surface area contributed by atoms with E-state index in [-0.39, 0.29) is 12.1 Å². The largest absolute Gasteiger partial charge is 0.306 e. The van der Waals surface area contributed by atoms with Gasteiger partial charge >= 0.3 is 0 Å². The molecule has 4 heteroatoms. The first-order valence-corrected chi connectivity index (χ1v) is 6.05. The molecule has 0 aromatic heterocycles. The van der Waals surface area contributed by atoms with Crippen molar-refractivity contribution in [3.63, 3.8) is 0 Å². The van der Waals surface area contributed by atoms with Crippen LogP contribution >= 0.6 is 0 Å². The minimum absolute atomic E-state index is 0.0545. The van der Waals surface area contributed by atoms with E-state index in [4.69, 9.17) is 5.26 Å². The predicted octanol–water partition coefficient (Wildman–Crippen LogP) is 3.31. The van der Waals surface area contributed by atoms with Crippen molar-refractivity contribution in [3.05, 3.63) is 35.4 Å². The number of hydrogen-bond acceptors (Lipinski definition) is 2. The highest BCUT2D eigenvalue weighted by Crippen LogP contribution is 2.34. The van der Waals surface area contributed by atoms with Crippen molar-refractivity contribution in [2.24, 2.45) is 5.41 Å². The molecule has 1 aliphatic rings. The Morgan fingerprint density at radius 2 is 1.83 bits per heavy atom. The number of rotatable bonds is 2. The van der Waals surface area contributed by atoms with Gasteiger partial charge in [0.25, 0.3) is 0 Å². The standard InChI is InChI=1S/C14H16F2N2/c1-14(2,8-17)13-4-3-12(18-13)9-5-10(15)7-11(16)6-9/h5-7,12-13,18H,3-4H2,1-2H3. The van der Waals surface area contributed by atoms with Gasteiger partial charge in [-0.3, -0.25) is 0 Å². The van der Waals surface area contributed by atoms with Crippen LogP contribution in [0.15, 0.2) is 18.2 Å². The topological polar surface area (TPSA) is 35.8 Å². The van der Waals surface area contributed by atoms with Crippen LogP contribution in [0.3, 0.4) is 0 Å². The zero-order valence-electron chi connectivity index (χ0n) is 10.5. The van der Waals surface area contributed by atoms with E-state index in [2.05, 4.69) is 11.4 Å². The average Bonchev–Trinajstić information content (AvgIpc) is 2.77. The number of nitrogens with zero attached hydrogens (tertiary/aromatic N) is 1. The van der Waals surface area contributed by atoms with Crippen LogP contribution in [0.4, 0.5) is 8.78 Å². The van der Waals surface area contributed by atoms with Crippen LogP contribution in [0.25, 0.3) is 0 Å². The lowest BCUT2D eigenvalue weighted by Crippen LogP contribution is -2.37. The quantitative estimate of drug-likeness (QED) is 0.874. The van der Waals surface area contributed by atoms with E-state index in [1.165, 1.54) is 12.1 Å². The van der Waals surface area contributed by atoms with Gasteiger partial charge in [-0.1, -0.05) is 0 Å². The lowest BCUT2D eigenvalue weighted by molar-refractivity contribution is 0.341. The lowest BCUT2D eigenvalue weighted by atomic mass is 9.85. The zero-order valence-corrected chi connectivity index (χ0v) is 10.5. The molecule has 1 N–H and O–H groups in total. The Kier molecular flexibility index (Phi) is 3.36. The lowest BCUT2D eigenvalue weighted by Gasteiger charge is -2.25. The minimum atomic E-state index is -0.560. The molecule has 0 spiro atoms. The number of hydrogen-bond donors (Lipinski definition) is 1. The molecule has 2 atom stereocenters. The Morgan fingerprint density at radius 1 is 1.22 bits per heavy atom. The first-order chi connectivity index (χ1) is 8.42. The first kappa shape index (κ1) is 13.0. The van der Waals surface area contributed by atoms with E-state index >= 15 is 0 Å². The fourth-order valence-corrected chi connectivity index (χ4v) is 2.43. The van der Waals surface area contributed by atoms with E-state index in [1.807, 2.05) is 13.8 Å². The molecule has 1 heterocycles. The Labute approximate surface area is 106 Å². The molecule has 96 valence electrons. The van der Waals surface area contributed by atoms with Crippen molar-refractivity contribution >= 4 is 0 Å². The van der Waals surface area contributed by atoms with Crippen molar-refractivity contribution in [2.75, 3.05) is 0 Å². The fraction of sp³-hybridized carbons (Fsp3) is 0.500. The molecule has 2 nitrogen and oxygen atoms in total. The third kappa shape index (κ3) is 2.51. The fourth-order valence-electron chi connectivity index (χ4n) is 2.43. The second-order valence-corrected chi connectivity index (χ2v) is 5.39. The molecule has 2 rings (SSSR count). The summed E-state index contributed by atoms with van der Waals surface area (Å²) in [6, 6.07) is 5.82. The molecule has 1 fully saturated rings. The summed E-state index contributed by atoms with van der Waals surface area (Å²) in [5, 5.41) is 12.4. The second kappa shape index (κ2) is 4.66. The van der Waals surface area contributed by atoms with Gasteiger partial charge in [0.2, 0.25) is 0 Å². The van der Waals surface area contributed by atoms with Crippen LogP contribution in [0, 0.1) is 28.4 Å². The number of halogens is 2. The van der Waals surface area contributed by atoms with Gasteiger partial charge in [0.15, 0.2) is 0 Å². The van der Waals surface area contributed by atoms with Gasteiger partial charge in [-0.05, 0) is 44.4 Å². The van der Waals surface area contributed by atoms with Gasteiger partial charge in [0, 0.05) is 18.2 Å². The van der Waals surface area contributed by atoms with E-state index in [0.29, 0.717) is 5.56 Å². The smallest absolute Gasteiger partial charge is 0.126 e. The summed E-state index contributed by atoms with van der Waals surface area (Å²) in [6.07, 6.45) is 1.63. The Bertz CT molecular complexity index is 471. The van der Waals surface area contributed by atoms with Gasteiger partial charge in [-0.15, -0.1) is 0 Å². The van der Waals surface area contributed by atoms with E-state index < -0.39 is 17.0 Å². The van der Waals surface area contributed by atoms with Crippen LogP contribution < -0.4 is 5.32 Å². The monoisotopic (exact) mass is 250 g/mol. The van der Waals surface area contributed by atoms with Crippen LogP contribution in [0.1, 0.15) is 38.3 Å². The summed E-state index contributed by atoms with van der Waals surface area (Å²) in [5.74, 6) is -1.12. The molecule has 0 amide bonds. The van der Waals surface area contributed by atoms with Gasteiger partial charge in [-0.25, -0.2) is 8.78 Å². The van der Waals surface area contributed by atoms with Crippen LogP contribution in [0.2, 0.25) is 0 Å². The zero-order chi connectivity index (χ0) is 13.3. The SMILES string of the molecule is CC(C)(C#N)C1CCC(c2cc(F)cc(F)c2)N1. The van der Waals surface area contributed by atoms with Crippen LogP contribution in [0.5, 0.6) is 0 Å². The normalized spacial score (nSPS) is 23.9. The van der Waals surface area contributed by atoms with E-state index in [0.717, 1.165) is 18.9 Å². The predicted molar refractivity (Wildman–Crippen MR) is 64.7 cm³/mol. The number of benzene rings is 1. The van der Waals surface area contributed by atoms with Gasteiger partial charge < -0.3 is 5.32 Å². The van der Waals surface area contributed by atoms with Gasteiger partial charge in [-0.2, -0.15) is 5.26 Å². The first-order valence-electron chi connectivity index (χ1n) is 6.05. The molecule has 0 saturated carbocycles. The Hall–Kier alpha value is -1.47. The van der Waals surface area contributed by atoms with E-state index in [1.54, 1.807) is 0 Å². The molecule has 1 aromatic rings. The highest BCUT2D eigenvalue weighted by atomic mass is 19.1. The summed E-state index contributed by atoms with van der Waals surface area (Å²) in [5.41, 5.74) is 0.143. The Morgan fingerprint density at radius 3 is 2.39 bits per heavy atom. The maximum atomic E-state index is 13.2. The molecule has 1 aromatic carbocycles. The minimum Gasteiger partial charge on any atom is -0.306 e. The summed E-state index contributed by atoms with van der Waals surface area (Å²) in [7, 11) is 0. The molecule has 0 bridgehead atoms. The summed E-state index contributed by atoms with van der Waals surface area (Å²) >= 11 is 0. The summed E-state index contributed by atoms with van der Waals surface area (Å²) < 4.78 is 26.3. The molecule has 0 radical (unpaired) electrons. The van der Waals surface area contributed by atoms with Gasteiger partial charge in [0.05, 0.1) is 11.5 Å². The molecular formula is C14H16F2N2. The molecule has 18 heavy (non-hydrogen) atoms. The third-order valence-corrected chi connectivity index (χ3v) is 3.59. The van der Waals surface area contributed by atoms with Crippen molar-refractivity contribution in [1.29, 1.82) is 5.26 Å². The van der Waals surface area contributed by atoms with Crippen LogP contribution in [-0.4, -0.2) is 6.04 Å². The molecule has 1 saturated heterocycles. The van der Waals surface area contributed by atoms with Gasteiger partial charge in [0.1, 0.15) is 11.6 Å². The molecule has 0 aliphatic carbocycles. The average molecular weight is 250 g/mol. The maximum Gasteiger partial charge on any atom is 0.126 e. The van der Waals surface area contributed by atoms with Crippen LogP contribution in [-0.2, 0) is 0 Å². The van der Waals surface area contributed by atoms with Crippen molar-refractivity contribution < 1.29 is 8.78 Å². The highest BCUT2D eigenvalue weighted by molar-refractivity contribution is 5.23. The number of nitriles is 1. The molecule has 2 unspecified atom stereocenters. The summed E-state index contributed by atoms with van der Waals surface area (Å²) in [4.78, 5) is 0. The number of nitrogens with one attached hydrogen (secondary N) is 1. The van der Waals surface area contributed by atoms with Crippen molar-refractivity contribution in [3.8, 4) is 6.07 Å². The highest BCUT2D eigenvalue weighted by Gasteiger charge is 2.36. The second-order valence-electron chi connectivity index (χ2n) is 5.39. The van der Waals surface area contributed by atoms with E-state index in [9.17, 15) is 8.78 Å². The maximum absolute atomic E-state index is 13.2. The van der Waals surface area contributed by atoms with Crippen molar-refractivity contribution in [2.45, 2.75) is 38.8 Å². The Balaban J connectivity index is 2.16.